The first kappa shape index (κ1) is 21.1. The van der Waals surface area contributed by atoms with E-state index in [0.29, 0.717) is 36.1 Å². The minimum absolute atomic E-state index is 0. The summed E-state index contributed by atoms with van der Waals surface area (Å²) in [6, 6.07) is 7.14. The number of carbonyl (C=O) groups excluding carboxylic acids is 1. The van der Waals surface area contributed by atoms with E-state index < -0.39 is 0 Å². The van der Waals surface area contributed by atoms with E-state index in [2.05, 4.69) is 22.7 Å². The highest BCUT2D eigenvalue weighted by molar-refractivity contribution is 6.04. The molecule has 6 nitrogen and oxygen atoms in total. The van der Waals surface area contributed by atoms with Crippen LogP contribution in [0, 0.1) is 5.92 Å². The second kappa shape index (κ2) is 10.2. The van der Waals surface area contributed by atoms with Crippen LogP contribution in [0.2, 0.25) is 0 Å². The Hall–Kier alpha value is -1.92. The summed E-state index contributed by atoms with van der Waals surface area (Å²) in [4.78, 5) is 25.1. The molecule has 0 radical (unpaired) electrons. The van der Waals surface area contributed by atoms with Gasteiger partial charge in [0.15, 0.2) is 5.69 Å². The Kier molecular flexibility index (Phi) is 8.58. The van der Waals surface area contributed by atoms with Gasteiger partial charge in [0.25, 0.3) is 11.5 Å². The molecule has 0 atom stereocenters. The number of fused-ring (bicyclic) bond motifs is 1. The SMILES string of the molecule is CCCNCCNC(=O)c1nn(CC(C)C)c(=O)c2ccccc12.Cl. The smallest absolute Gasteiger partial charge is 0.274 e. The zero-order chi connectivity index (χ0) is 17.5. The molecule has 1 heterocycles. The van der Waals surface area contributed by atoms with Crippen LogP contribution in [0.5, 0.6) is 0 Å². The number of hydrogen-bond donors (Lipinski definition) is 2. The highest BCUT2D eigenvalue weighted by Gasteiger charge is 2.16. The fourth-order valence-corrected chi connectivity index (χ4v) is 2.52. The molecule has 0 unspecified atom stereocenters. The Bertz CT molecular complexity index is 758. The number of benzene rings is 1. The van der Waals surface area contributed by atoms with Crippen LogP contribution in [0.25, 0.3) is 10.8 Å². The van der Waals surface area contributed by atoms with Crippen molar-refractivity contribution in [1.29, 1.82) is 0 Å². The van der Waals surface area contributed by atoms with Gasteiger partial charge < -0.3 is 10.6 Å². The van der Waals surface area contributed by atoms with E-state index in [4.69, 9.17) is 0 Å². The summed E-state index contributed by atoms with van der Waals surface area (Å²) in [5.74, 6) is 0.0209. The summed E-state index contributed by atoms with van der Waals surface area (Å²) in [5, 5.41) is 11.6. The third kappa shape index (κ3) is 5.54. The zero-order valence-corrected chi connectivity index (χ0v) is 15.9. The van der Waals surface area contributed by atoms with Crippen molar-refractivity contribution in [2.45, 2.75) is 33.7 Å². The highest BCUT2D eigenvalue weighted by atomic mass is 35.5. The molecule has 2 rings (SSSR count). The van der Waals surface area contributed by atoms with Gasteiger partial charge >= 0.3 is 0 Å². The lowest BCUT2D eigenvalue weighted by Gasteiger charge is -2.12. The summed E-state index contributed by atoms with van der Waals surface area (Å²) < 4.78 is 1.40. The number of amides is 1. The van der Waals surface area contributed by atoms with Crippen molar-refractivity contribution in [2.75, 3.05) is 19.6 Å². The number of carbonyl (C=O) groups is 1. The number of aromatic nitrogens is 2. The van der Waals surface area contributed by atoms with Gasteiger partial charge in [-0.05, 0) is 24.9 Å². The standard InChI is InChI=1S/C18H26N4O2.ClH/c1-4-9-19-10-11-20-17(23)16-14-7-5-6-8-15(14)18(24)22(21-16)12-13(2)3;/h5-8,13,19H,4,9-12H2,1-3H3,(H,20,23);1H. The quantitative estimate of drug-likeness (QED) is 0.702. The third-order valence-electron chi connectivity index (χ3n) is 3.64. The molecule has 0 saturated carbocycles. The lowest BCUT2D eigenvalue weighted by atomic mass is 10.1. The van der Waals surface area contributed by atoms with Gasteiger partial charge in [-0.3, -0.25) is 9.59 Å². The first-order valence-corrected chi connectivity index (χ1v) is 8.53. The molecule has 1 aromatic carbocycles. The van der Waals surface area contributed by atoms with Crippen molar-refractivity contribution in [3.05, 3.63) is 40.3 Å². The molecule has 2 N–H and O–H groups in total. The molecule has 0 aliphatic heterocycles. The van der Waals surface area contributed by atoms with Gasteiger partial charge in [0.2, 0.25) is 0 Å². The fourth-order valence-electron chi connectivity index (χ4n) is 2.52. The molecule has 1 amide bonds. The second-order valence-corrected chi connectivity index (χ2v) is 6.28. The molecule has 0 bridgehead atoms. The van der Waals surface area contributed by atoms with E-state index in [-0.39, 0.29) is 29.8 Å². The number of nitrogens with zero attached hydrogens (tertiary/aromatic N) is 2. The third-order valence-corrected chi connectivity index (χ3v) is 3.64. The largest absolute Gasteiger partial charge is 0.349 e. The van der Waals surface area contributed by atoms with Crippen molar-refractivity contribution in [1.82, 2.24) is 20.4 Å². The van der Waals surface area contributed by atoms with Crippen molar-refractivity contribution in [3.63, 3.8) is 0 Å². The molecule has 138 valence electrons. The van der Waals surface area contributed by atoms with E-state index in [0.717, 1.165) is 13.0 Å². The first-order chi connectivity index (χ1) is 11.5. The molecule has 0 aliphatic rings. The lowest BCUT2D eigenvalue weighted by molar-refractivity contribution is 0.0948. The van der Waals surface area contributed by atoms with Crippen LogP contribution in [0.15, 0.2) is 29.1 Å². The van der Waals surface area contributed by atoms with Crippen molar-refractivity contribution in [3.8, 4) is 0 Å². The van der Waals surface area contributed by atoms with E-state index in [1.807, 2.05) is 19.9 Å². The summed E-state index contributed by atoms with van der Waals surface area (Å²) in [6.07, 6.45) is 1.06. The zero-order valence-electron chi connectivity index (χ0n) is 15.0. The maximum Gasteiger partial charge on any atom is 0.274 e. The van der Waals surface area contributed by atoms with Crippen molar-refractivity contribution >= 4 is 29.1 Å². The average molecular weight is 367 g/mol. The van der Waals surface area contributed by atoms with E-state index in [1.165, 1.54) is 4.68 Å². The van der Waals surface area contributed by atoms with Crippen molar-refractivity contribution in [2.24, 2.45) is 5.92 Å². The maximum absolute atomic E-state index is 12.5. The molecule has 2 aromatic rings. The normalized spacial score (nSPS) is 10.7. The van der Waals surface area contributed by atoms with Crippen molar-refractivity contribution < 1.29 is 4.79 Å². The Morgan fingerprint density at radius 1 is 1.16 bits per heavy atom. The lowest BCUT2D eigenvalue weighted by Crippen LogP contribution is -2.35. The Morgan fingerprint density at radius 2 is 1.84 bits per heavy atom. The molecular weight excluding hydrogens is 340 g/mol. The Balaban J connectivity index is 0.00000312. The van der Waals surface area contributed by atoms with Crippen LogP contribution in [-0.4, -0.2) is 35.3 Å². The van der Waals surface area contributed by atoms with Gasteiger partial charge in [0.1, 0.15) is 0 Å². The van der Waals surface area contributed by atoms with Crippen LogP contribution in [0.1, 0.15) is 37.7 Å². The molecule has 0 fully saturated rings. The number of halogens is 1. The summed E-state index contributed by atoms with van der Waals surface area (Å²) >= 11 is 0. The predicted octanol–water partition coefficient (Wildman–Crippen LogP) is 2.20. The van der Waals surface area contributed by atoms with Crippen LogP contribution < -0.4 is 16.2 Å². The summed E-state index contributed by atoms with van der Waals surface area (Å²) in [7, 11) is 0. The Labute approximate surface area is 154 Å². The van der Waals surface area contributed by atoms with Gasteiger partial charge in [0.05, 0.1) is 5.39 Å². The molecular formula is C18H27ClN4O2. The van der Waals surface area contributed by atoms with E-state index in [1.54, 1.807) is 18.2 Å². The number of rotatable bonds is 8. The summed E-state index contributed by atoms with van der Waals surface area (Å²) in [5.41, 5.74) is 0.154. The summed E-state index contributed by atoms with van der Waals surface area (Å²) in [6.45, 7) is 8.78. The minimum Gasteiger partial charge on any atom is -0.349 e. The monoisotopic (exact) mass is 366 g/mol. The number of nitrogens with one attached hydrogen (secondary N) is 2. The first-order valence-electron chi connectivity index (χ1n) is 8.53. The maximum atomic E-state index is 12.5. The molecule has 0 aliphatic carbocycles. The molecule has 1 aromatic heterocycles. The molecule has 0 spiro atoms. The number of hydrogen-bond acceptors (Lipinski definition) is 4. The second-order valence-electron chi connectivity index (χ2n) is 6.28. The van der Waals surface area contributed by atoms with Crippen LogP contribution >= 0.6 is 12.4 Å². The van der Waals surface area contributed by atoms with E-state index in [9.17, 15) is 9.59 Å². The highest BCUT2D eigenvalue weighted by Crippen LogP contribution is 2.13. The van der Waals surface area contributed by atoms with E-state index >= 15 is 0 Å². The average Bonchev–Trinajstić information content (AvgIpc) is 2.56. The fraction of sp³-hybridized carbons (Fsp3) is 0.500. The van der Waals surface area contributed by atoms with Gasteiger partial charge in [0, 0.05) is 25.0 Å². The van der Waals surface area contributed by atoms with Gasteiger partial charge in [-0.25, -0.2) is 4.68 Å². The van der Waals surface area contributed by atoms with Crippen LogP contribution in [0.4, 0.5) is 0 Å². The molecule has 7 heteroatoms. The van der Waals surface area contributed by atoms with Gasteiger partial charge in [-0.1, -0.05) is 39.0 Å². The predicted molar refractivity (Wildman–Crippen MR) is 104 cm³/mol. The van der Waals surface area contributed by atoms with Crippen LogP contribution in [-0.2, 0) is 6.54 Å². The van der Waals surface area contributed by atoms with Gasteiger partial charge in [-0.15, -0.1) is 12.4 Å². The minimum atomic E-state index is -0.248. The van der Waals surface area contributed by atoms with Crippen LogP contribution in [0.3, 0.4) is 0 Å². The topological polar surface area (TPSA) is 76.0 Å². The van der Waals surface area contributed by atoms with Gasteiger partial charge in [-0.2, -0.15) is 5.10 Å². The molecule has 0 saturated heterocycles. The molecule has 25 heavy (non-hydrogen) atoms. The Morgan fingerprint density at radius 3 is 2.48 bits per heavy atom.